The summed E-state index contributed by atoms with van der Waals surface area (Å²) >= 11 is 0. The molecule has 176 valence electrons. The number of aliphatic hydroxyl groups is 2. The predicted molar refractivity (Wildman–Crippen MR) is 119 cm³/mol. The second kappa shape index (κ2) is 8.33. The van der Waals surface area contributed by atoms with Gasteiger partial charge >= 0.3 is 6.03 Å². The van der Waals surface area contributed by atoms with Gasteiger partial charge in [-0.2, -0.15) is 0 Å². The molecule has 0 radical (unpaired) electrons. The number of hydrogen-bond acceptors (Lipinski definition) is 4. The highest BCUT2D eigenvalue weighted by Gasteiger charge is 2.63. The van der Waals surface area contributed by atoms with Crippen molar-refractivity contribution in [2.24, 2.45) is 52.1 Å². The van der Waals surface area contributed by atoms with E-state index in [-0.39, 0.29) is 28.9 Å². The highest BCUT2D eigenvalue weighted by Crippen LogP contribution is 2.68. The van der Waals surface area contributed by atoms with E-state index in [4.69, 9.17) is 5.73 Å². The van der Waals surface area contributed by atoms with Gasteiger partial charge in [-0.3, -0.25) is 10.1 Å². The Morgan fingerprint density at radius 3 is 2.52 bits per heavy atom. The summed E-state index contributed by atoms with van der Waals surface area (Å²) in [6, 6.07) is -0.793. The molecule has 0 aromatic heterocycles. The molecule has 5 N–H and O–H groups in total. The van der Waals surface area contributed by atoms with E-state index < -0.39 is 6.03 Å². The molecule has 10 atom stereocenters. The molecule has 6 nitrogen and oxygen atoms in total. The summed E-state index contributed by atoms with van der Waals surface area (Å²) in [5, 5.41) is 24.0. The van der Waals surface area contributed by atoms with Gasteiger partial charge in [0.15, 0.2) is 0 Å². The lowest BCUT2D eigenvalue weighted by Gasteiger charge is -2.62. The molecule has 1 unspecified atom stereocenters. The van der Waals surface area contributed by atoms with Crippen molar-refractivity contribution in [3.05, 3.63) is 0 Å². The van der Waals surface area contributed by atoms with Gasteiger partial charge in [0.2, 0.25) is 5.91 Å². The summed E-state index contributed by atoms with van der Waals surface area (Å²) in [4.78, 5) is 22.8. The van der Waals surface area contributed by atoms with Crippen molar-refractivity contribution in [1.29, 1.82) is 0 Å². The number of primary amides is 1. The van der Waals surface area contributed by atoms with Gasteiger partial charge in [-0.1, -0.05) is 20.8 Å². The van der Waals surface area contributed by atoms with Crippen LogP contribution in [0, 0.1) is 46.3 Å². The fourth-order valence-electron chi connectivity index (χ4n) is 8.92. The fourth-order valence-corrected chi connectivity index (χ4v) is 8.92. The van der Waals surface area contributed by atoms with Crippen molar-refractivity contribution in [1.82, 2.24) is 5.32 Å². The molecule has 0 spiro atoms. The molecule has 0 aliphatic heterocycles. The van der Waals surface area contributed by atoms with Crippen LogP contribution in [0.1, 0.15) is 85.0 Å². The van der Waals surface area contributed by atoms with E-state index in [1.54, 1.807) is 0 Å². The van der Waals surface area contributed by atoms with E-state index in [1.165, 1.54) is 19.3 Å². The Morgan fingerprint density at radius 1 is 1.06 bits per heavy atom. The summed E-state index contributed by atoms with van der Waals surface area (Å²) in [6.07, 6.45) is 9.09. The second-order valence-electron chi connectivity index (χ2n) is 11.8. The smallest absolute Gasteiger partial charge is 0.318 e. The Balaban J connectivity index is 1.49. The number of imide groups is 1. The van der Waals surface area contributed by atoms with Gasteiger partial charge in [0.1, 0.15) is 0 Å². The maximum atomic E-state index is 11.9. The largest absolute Gasteiger partial charge is 0.393 e. The fraction of sp³-hybridized carbons (Fsp3) is 0.920. The van der Waals surface area contributed by atoms with Crippen molar-refractivity contribution in [3.8, 4) is 0 Å². The van der Waals surface area contributed by atoms with Gasteiger partial charge in [0.25, 0.3) is 0 Å². The Hall–Kier alpha value is -1.14. The molecular weight excluding hydrogens is 392 g/mol. The molecule has 0 aromatic carbocycles. The van der Waals surface area contributed by atoms with Crippen LogP contribution in [0.4, 0.5) is 4.79 Å². The molecule has 4 aliphatic rings. The molecule has 4 fully saturated rings. The summed E-state index contributed by atoms with van der Waals surface area (Å²) in [5.41, 5.74) is 5.21. The first-order chi connectivity index (χ1) is 14.6. The summed E-state index contributed by atoms with van der Waals surface area (Å²) < 4.78 is 0. The number of fused-ring (bicyclic) bond motifs is 5. The van der Waals surface area contributed by atoms with E-state index in [2.05, 4.69) is 26.1 Å². The summed E-state index contributed by atoms with van der Waals surface area (Å²) in [5.74, 6) is 2.76. The van der Waals surface area contributed by atoms with Crippen molar-refractivity contribution < 1.29 is 19.8 Å². The Bertz CT molecular complexity index is 714. The number of aliphatic hydroxyl groups excluding tert-OH is 2. The Kier molecular flexibility index (Phi) is 6.19. The monoisotopic (exact) mass is 434 g/mol. The van der Waals surface area contributed by atoms with Crippen LogP contribution in [-0.2, 0) is 4.79 Å². The SMILES string of the molecule is CC(CCC(=O)NC(N)=O)[C@H]1CC[C@H]2[C@@H]3CC[C@@H]4C[C@H](O)CC[C@]4(C)[C@H]3C[C@H](O)[C@]12C. The normalized spacial score (nSPS) is 47.6. The lowest BCUT2D eigenvalue weighted by atomic mass is 9.43. The Labute approximate surface area is 186 Å². The molecule has 4 saturated carbocycles. The van der Waals surface area contributed by atoms with E-state index >= 15 is 0 Å². The molecular formula is C25H42N2O4. The first-order valence-electron chi connectivity index (χ1n) is 12.5. The van der Waals surface area contributed by atoms with E-state index in [9.17, 15) is 19.8 Å². The third kappa shape index (κ3) is 3.82. The van der Waals surface area contributed by atoms with Gasteiger partial charge < -0.3 is 15.9 Å². The van der Waals surface area contributed by atoms with Crippen LogP contribution in [0.5, 0.6) is 0 Å². The van der Waals surface area contributed by atoms with Crippen LogP contribution in [0.3, 0.4) is 0 Å². The quantitative estimate of drug-likeness (QED) is 0.541. The number of nitrogens with one attached hydrogen (secondary N) is 1. The average molecular weight is 435 g/mol. The number of urea groups is 1. The molecule has 4 rings (SSSR count). The number of rotatable bonds is 4. The lowest BCUT2D eigenvalue weighted by molar-refractivity contribution is -0.174. The zero-order valence-electron chi connectivity index (χ0n) is 19.5. The number of carbonyl (C=O) groups is 2. The minimum atomic E-state index is -0.793. The first-order valence-corrected chi connectivity index (χ1v) is 12.5. The number of nitrogens with two attached hydrogens (primary N) is 1. The average Bonchev–Trinajstić information content (AvgIpc) is 3.06. The lowest BCUT2D eigenvalue weighted by Crippen LogP contribution is -2.58. The first kappa shape index (κ1) is 23.0. The Morgan fingerprint density at radius 2 is 1.81 bits per heavy atom. The number of hydrogen-bond donors (Lipinski definition) is 4. The van der Waals surface area contributed by atoms with Crippen LogP contribution >= 0.6 is 0 Å². The summed E-state index contributed by atoms with van der Waals surface area (Å²) in [6.45, 7) is 6.97. The van der Waals surface area contributed by atoms with Crippen molar-refractivity contribution >= 4 is 11.9 Å². The molecule has 0 bridgehead atoms. The maximum Gasteiger partial charge on any atom is 0.318 e. The van der Waals surface area contributed by atoms with Crippen LogP contribution in [0.15, 0.2) is 0 Å². The third-order valence-corrected chi connectivity index (χ3v) is 10.6. The maximum absolute atomic E-state index is 11.9. The van der Waals surface area contributed by atoms with E-state index in [1.807, 2.05) is 0 Å². The topological polar surface area (TPSA) is 113 Å². The van der Waals surface area contributed by atoms with E-state index in [0.717, 1.165) is 32.1 Å². The second-order valence-corrected chi connectivity index (χ2v) is 11.8. The molecule has 0 saturated heterocycles. The van der Waals surface area contributed by atoms with Crippen LogP contribution in [0.25, 0.3) is 0 Å². The van der Waals surface area contributed by atoms with Gasteiger partial charge in [0, 0.05) is 6.42 Å². The summed E-state index contributed by atoms with van der Waals surface area (Å²) in [7, 11) is 0. The van der Waals surface area contributed by atoms with Gasteiger partial charge in [-0.15, -0.1) is 0 Å². The van der Waals surface area contributed by atoms with Crippen LogP contribution in [-0.4, -0.2) is 34.4 Å². The van der Waals surface area contributed by atoms with E-state index in [0.29, 0.717) is 48.3 Å². The molecule has 4 aliphatic carbocycles. The minimum absolute atomic E-state index is 0.0991. The van der Waals surface area contributed by atoms with Crippen molar-refractivity contribution in [3.63, 3.8) is 0 Å². The highest BCUT2D eigenvalue weighted by atomic mass is 16.3. The molecule has 0 aromatic rings. The number of carbonyl (C=O) groups excluding carboxylic acids is 2. The highest BCUT2D eigenvalue weighted by molar-refractivity contribution is 5.93. The molecule has 0 heterocycles. The van der Waals surface area contributed by atoms with Gasteiger partial charge in [-0.05, 0) is 104 Å². The van der Waals surface area contributed by atoms with Crippen LogP contribution in [0.2, 0.25) is 0 Å². The number of amides is 3. The zero-order valence-corrected chi connectivity index (χ0v) is 19.5. The molecule has 6 heteroatoms. The zero-order chi connectivity index (χ0) is 22.6. The van der Waals surface area contributed by atoms with Crippen molar-refractivity contribution in [2.75, 3.05) is 0 Å². The van der Waals surface area contributed by atoms with Gasteiger partial charge in [0.05, 0.1) is 12.2 Å². The van der Waals surface area contributed by atoms with Crippen molar-refractivity contribution in [2.45, 2.75) is 97.2 Å². The molecule has 3 amide bonds. The van der Waals surface area contributed by atoms with Crippen LogP contribution < -0.4 is 11.1 Å². The third-order valence-electron chi connectivity index (χ3n) is 10.6. The van der Waals surface area contributed by atoms with Gasteiger partial charge in [-0.25, -0.2) is 4.79 Å². The molecule has 31 heavy (non-hydrogen) atoms. The standard InChI is InChI=1S/C25H42N2O4/c1-14(4-9-22(30)27-23(26)31)18-7-8-19-17-6-5-15-12-16(28)10-11-24(15,2)20(17)13-21(29)25(18,19)3/h14-21,28-29H,4-13H2,1-3H3,(H3,26,27,30,31)/t14?,15-,16-,17+,18-,19+,20+,21+,24+,25-/m1/s1. The predicted octanol–water partition coefficient (Wildman–Crippen LogP) is 3.59. The minimum Gasteiger partial charge on any atom is -0.393 e.